The number of carbonyl (C=O) groups excluding carboxylic acids is 1. The average molecular weight is 306 g/mol. The molecule has 114 valence electrons. The van der Waals surface area contributed by atoms with Crippen molar-refractivity contribution in [3.05, 3.63) is 29.8 Å². The number of rotatable bonds is 4. The van der Waals surface area contributed by atoms with Crippen LogP contribution in [-0.2, 0) is 14.3 Å². The highest BCUT2D eigenvalue weighted by atomic mass is 32.2. The number of carbonyl (C=O) groups is 1. The van der Waals surface area contributed by atoms with Gasteiger partial charge in [0.15, 0.2) is 0 Å². The molecule has 4 heteroatoms. The Kier molecular flexibility index (Phi) is 4.67. The Morgan fingerprint density at radius 2 is 2.14 bits per heavy atom. The molecule has 2 aliphatic rings. The van der Waals surface area contributed by atoms with Gasteiger partial charge in [-0.3, -0.25) is 4.79 Å². The van der Waals surface area contributed by atoms with E-state index in [0.29, 0.717) is 24.7 Å². The first kappa shape index (κ1) is 15.1. The van der Waals surface area contributed by atoms with Gasteiger partial charge in [-0.1, -0.05) is 17.7 Å². The lowest BCUT2D eigenvalue weighted by Gasteiger charge is -2.36. The van der Waals surface area contributed by atoms with E-state index in [-0.39, 0.29) is 11.5 Å². The van der Waals surface area contributed by atoms with E-state index < -0.39 is 0 Å². The lowest BCUT2D eigenvalue weighted by Crippen LogP contribution is -2.42. The van der Waals surface area contributed by atoms with Crippen LogP contribution in [0.25, 0.3) is 0 Å². The lowest BCUT2D eigenvalue weighted by atomic mass is 9.83. The molecule has 2 fully saturated rings. The predicted molar refractivity (Wildman–Crippen MR) is 83.8 cm³/mol. The molecule has 0 bridgehead atoms. The molecule has 3 nitrogen and oxygen atoms in total. The van der Waals surface area contributed by atoms with Crippen LogP contribution < -0.4 is 0 Å². The Balaban J connectivity index is 1.54. The van der Waals surface area contributed by atoms with E-state index in [9.17, 15) is 4.79 Å². The molecule has 2 aliphatic heterocycles. The van der Waals surface area contributed by atoms with Crippen molar-refractivity contribution in [2.75, 3.05) is 25.6 Å². The first-order chi connectivity index (χ1) is 10.2. The highest BCUT2D eigenvalue weighted by Crippen LogP contribution is 2.36. The number of ether oxygens (including phenoxy) is 2. The van der Waals surface area contributed by atoms with Crippen LogP contribution in [0, 0.1) is 12.8 Å². The molecule has 2 atom stereocenters. The molecule has 1 spiro atoms. The number of hydrogen-bond acceptors (Lipinski definition) is 4. The largest absolute Gasteiger partial charge is 0.378 e. The van der Waals surface area contributed by atoms with Crippen LogP contribution in [0.1, 0.15) is 24.8 Å². The van der Waals surface area contributed by atoms with E-state index >= 15 is 0 Å². The molecule has 0 aliphatic carbocycles. The number of benzene rings is 1. The molecule has 3 rings (SSSR count). The lowest BCUT2D eigenvalue weighted by molar-refractivity contribution is -0.134. The molecular formula is C17H22O3S. The summed E-state index contributed by atoms with van der Waals surface area (Å²) >= 11 is 1.64. The summed E-state index contributed by atoms with van der Waals surface area (Å²) in [6, 6.07) is 8.35. The minimum atomic E-state index is -0.174. The molecule has 2 heterocycles. The number of aryl methyl sites for hydroxylation is 1. The number of Topliss-reactive ketones (excluding diaryl/α,β-unsaturated/α-hetero) is 1. The Hall–Kier alpha value is -0.840. The van der Waals surface area contributed by atoms with Gasteiger partial charge in [0.05, 0.1) is 18.0 Å². The minimum Gasteiger partial charge on any atom is -0.378 e. The average Bonchev–Trinajstić information content (AvgIpc) is 2.94. The second-order valence-electron chi connectivity index (χ2n) is 6.09. The van der Waals surface area contributed by atoms with Crippen molar-refractivity contribution < 1.29 is 14.3 Å². The fourth-order valence-corrected chi connectivity index (χ4v) is 3.95. The minimum absolute atomic E-state index is 0.137. The maximum atomic E-state index is 12.5. The van der Waals surface area contributed by atoms with Crippen LogP contribution in [0.2, 0.25) is 0 Å². The van der Waals surface area contributed by atoms with Gasteiger partial charge in [-0.2, -0.15) is 0 Å². The number of hydrogen-bond donors (Lipinski definition) is 0. The molecule has 0 saturated carbocycles. The zero-order valence-electron chi connectivity index (χ0n) is 12.5. The van der Waals surface area contributed by atoms with E-state index in [1.165, 1.54) is 10.5 Å². The van der Waals surface area contributed by atoms with Gasteiger partial charge in [-0.25, -0.2) is 0 Å². The molecule has 0 amide bonds. The number of ketones is 1. The molecule has 0 aromatic heterocycles. The van der Waals surface area contributed by atoms with Crippen molar-refractivity contribution in [3.8, 4) is 0 Å². The van der Waals surface area contributed by atoms with Crippen molar-refractivity contribution in [3.63, 3.8) is 0 Å². The fraction of sp³-hybridized carbons (Fsp3) is 0.588. The van der Waals surface area contributed by atoms with Crippen molar-refractivity contribution in [1.82, 2.24) is 0 Å². The standard InChI is InChI=1S/C17H22O3S/c1-13-2-4-15(5-3-13)21-11-16(18)14-6-8-20-17(10-14)7-9-19-12-17/h2-5,14H,6-12H2,1H3. The summed E-state index contributed by atoms with van der Waals surface area (Å²) in [6.07, 6.45) is 2.62. The quantitative estimate of drug-likeness (QED) is 0.800. The van der Waals surface area contributed by atoms with Crippen molar-refractivity contribution in [1.29, 1.82) is 0 Å². The molecule has 0 N–H and O–H groups in total. The van der Waals surface area contributed by atoms with Gasteiger partial charge >= 0.3 is 0 Å². The molecular weight excluding hydrogens is 284 g/mol. The van der Waals surface area contributed by atoms with Gasteiger partial charge < -0.3 is 9.47 Å². The smallest absolute Gasteiger partial charge is 0.146 e. The molecule has 1 aromatic rings. The van der Waals surface area contributed by atoms with E-state index in [2.05, 4.69) is 31.2 Å². The predicted octanol–water partition coefficient (Wildman–Crippen LogP) is 3.24. The Labute approximate surface area is 130 Å². The summed E-state index contributed by atoms with van der Waals surface area (Å²) in [4.78, 5) is 13.6. The second-order valence-corrected chi connectivity index (χ2v) is 7.14. The summed E-state index contributed by atoms with van der Waals surface area (Å²) < 4.78 is 11.4. The summed E-state index contributed by atoms with van der Waals surface area (Å²) in [5, 5.41) is 0. The summed E-state index contributed by atoms with van der Waals surface area (Å²) in [7, 11) is 0. The maximum absolute atomic E-state index is 12.5. The normalized spacial score (nSPS) is 28.9. The summed E-state index contributed by atoms with van der Waals surface area (Å²) in [5.74, 6) is 1.05. The van der Waals surface area contributed by atoms with Gasteiger partial charge in [0.2, 0.25) is 0 Å². The number of thioether (sulfide) groups is 1. The monoisotopic (exact) mass is 306 g/mol. The molecule has 21 heavy (non-hydrogen) atoms. The third kappa shape index (κ3) is 3.68. The molecule has 2 saturated heterocycles. The van der Waals surface area contributed by atoms with Crippen LogP contribution in [0.5, 0.6) is 0 Å². The highest BCUT2D eigenvalue weighted by molar-refractivity contribution is 8.00. The van der Waals surface area contributed by atoms with Crippen LogP contribution >= 0.6 is 11.8 Å². The first-order valence-electron chi connectivity index (χ1n) is 7.61. The second kappa shape index (κ2) is 6.51. The first-order valence-corrected chi connectivity index (χ1v) is 8.59. The van der Waals surface area contributed by atoms with Gasteiger partial charge in [-0.05, 0) is 31.9 Å². The Bertz CT molecular complexity index is 491. The van der Waals surface area contributed by atoms with Crippen LogP contribution in [0.15, 0.2) is 29.2 Å². The van der Waals surface area contributed by atoms with Crippen LogP contribution in [0.3, 0.4) is 0 Å². The van der Waals surface area contributed by atoms with Crippen LogP contribution in [-0.4, -0.2) is 37.0 Å². The van der Waals surface area contributed by atoms with Gasteiger partial charge in [0.25, 0.3) is 0 Å². The Morgan fingerprint density at radius 3 is 2.86 bits per heavy atom. The molecule has 1 aromatic carbocycles. The molecule has 0 radical (unpaired) electrons. The van der Waals surface area contributed by atoms with Crippen molar-refractivity contribution in [2.24, 2.45) is 5.92 Å². The zero-order chi connectivity index (χ0) is 14.7. The van der Waals surface area contributed by atoms with Crippen LogP contribution in [0.4, 0.5) is 0 Å². The Morgan fingerprint density at radius 1 is 1.33 bits per heavy atom. The molecule has 2 unspecified atom stereocenters. The maximum Gasteiger partial charge on any atom is 0.146 e. The van der Waals surface area contributed by atoms with Gasteiger partial charge in [0.1, 0.15) is 5.78 Å². The SMILES string of the molecule is Cc1ccc(SCC(=O)C2CCOC3(CCOC3)C2)cc1. The van der Waals surface area contributed by atoms with Crippen molar-refractivity contribution >= 4 is 17.5 Å². The van der Waals surface area contributed by atoms with E-state index in [4.69, 9.17) is 9.47 Å². The summed E-state index contributed by atoms with van der Waals surface area (Å²) in [5.41, 5.74) is 1.07. The van der Waals surface area contributed by atoms with E-state index in [0.717, 1.165) is 25.9 Å². The van der Waals surface area contributed by atoms with Gasteiger partial charge in [0, 0.05) is 30.4 Å². The zero-order valence-corrected chi connectivity index (χ0v) is 13.3. The third-order valence-electron chi connectivity index (χ3n) is 4.42. The fourth-order valence-electron chi connectivity index (χ4n) is 3.07. The third-order valence-corrected chi connectivity index (χ3v) is 5.45. The highest BCUT2D eigenvalue weighted by Gasteiger charge is 2.42. The van der Waals surface area contributed by atoms with E-state index in [1.807, 2.05) is 0 Å². The summed E-state index contributed by atoms with van der Waals surface area (Å²) in [6.45, 7) is 4.18. The van der Waals surface area contributed by atoms with E-state index in [1.54, 1.807) is 11.8 Å². The topological polar surface area (TPSA) is 35.5 Å². The van der Waals surface area contributed by atoms with Crippen molar-refractivity contribution in [2.45, 2.75) is 36.7 Å². The van der Waals surface area contributed by atoms with Gasteiger partial charge in [-0.15, -0.1) is 11.8 Å².